The van der Waals surface area contributed by atoms with Gasteiger partial charge in [-0.2, -0.15) is 0 Å². The Labute approximate surface area is 51.9 Å². The Hall–Kier alpha value is 1.02. The summed E-state index contributed by atoms with van der Waals surface area (Å²) in [5, 5.41) is 0. The maximum absolute atomic E-state index is 9.50. The summed E-state index contributed by atoms with van der Waals surface area (Å²) in [4.78, 5) is 0. The lowest BCUT2D eigenvalue weighted by Gasteiger charge is -1.65. The molecule has 0 saturated carbocycles. The number of hydrogen-bond donors (Lipinski definition) is 0. The van der Waals surface area contributed by atoms with E-state index in [0.717, 1.165) is 0 Å². The number of alkyl halides is 1. The monoisotopic (exact) mass is 168 g/mol. The summed E-state index contributed by atoms with van der Waals surface area (Å²) in [6.45, 7) is -1.72. The van der Waals surface area contributed by atoms with Crippen LogP contribution in [-0.2, 0) is 0 Å². The molecule has 0 nitrogen and oxygen atoms in total. The van der Waals surface area contributed by atoms with Crippen LogP contribution < -0.4 is 0 Å². The summed E-state index contributed by atoms with van der Waals surface area (Å²) in [7, 11) is 0.500. The van der Waals surface area contributed by atoms with Gasteiger partial charge in [-0.25, -0.2) is 0 Å². The summed E-state index contributed by atoms with van der Waals surface area (Å²) in [6, 6.07) is 0. The molecule has 0 spiro atoms. The molecular formula is CH4Cl3FSi. The molecule has 0 N–H and O–H groups in total. The van der Waals surface area contributed by atoms with Crippen molar-refractivity contribution in [3.05, 3.63) is 0 Å². The molecule has 0 amide bonds. The van der Waals surface area contributed by atoms with Crippen LogP contribution in [0.4, 0.5) is 4.39 Å². The first-order valence-electron chi connectivity index (χ1n) is 1.03. The Kier molecular flexibility index (Phi) is 15.8. The van der Waals surface area contributed by atoms with E-state index in [0.29, 0.717) is 7.18 Å². The molecular weight excluding hydrogens is 165 g/mol. The SMILES string of the molecule is CF.Cl[SiH](Cl)Cl. The van der Waals surface area contributed by atoms with Gasteiger partial charge in [-0.3, -0.25) is 4.39 Å². The van der Waals surface area contributed by atoms with Crippen LogP contribution in [0.1, 0.15) is 0 Å². The van der Waals surface area contributed by atoms with Crippen LogP contribution in [0.2, 0.25) is 0 Å². The van der Waals surface area contributed by atoms with Gasteiger partial charge in [0.05, 0.1) is 7.18 Å². The Bertz CT molecular complexity index is 15.5. The zero-order valence-corrected chi connectivity index (χ0v) is 6.51. The lowest BCUT2D eigenvalue weighted by atomic mass is 11.9. The highest BCUT2D eigenvalue weighted by Crippen LogP contribution is 1.97. The molecule has 0 radical (unpaired) electrons. The van der Waals surface area contributed by atoms with Gasteiger partial charge in [-0.15, -0.1) is 33.2 Å². The van der Waals surface area contributed by atoms with Gasteiger partial charge in [0.25, 0.3) is 0 Å². The van der Waals surface area contributed by atoms with Crippen molar-refractivity contribution in [2.75, 3.05) is 7.18 Å². The van der Waals surface area contributed by atoms with Crippen LogP contribution in [0.15, 0.2) is 0 Å². The molecule has 0 fully saturated rings. The highest BCUT2D eigenvalue weighted by molar-refractivity contribution is 7.54. The molecule has 0 aliphatic rings. The van der Waals surface area contributed by atoms with Gasteiger partial charge in [0.2, 0.25) is 0 Å². The minimum absolute atomic E-state index is 0.500. The Balaban J connectivity index is 0. The van der Waals surface area contributed by atoms with Gasteiger partial charge in [-0.05, 0) is 0 Å². The van der Waals surface area contributed by atoms with Crippen molar-refractivity contribution in [2.24, 2.45) is 0 Å². The minimum Gasteiger partial charge on any atom is -0.255 e. The van der Waals surface area contributed by atoms with E-state index in [2.05, 4.69) is 0 Å². The molecule has 0 unspecified atom stereocenters. The highest BCUT2D eigenvalue weighted by atomic mass is 35.8. The molecule has 0 aliphatic carbocycles. The summed E-state index contributed by atoms with van der Waals surface area (Å²) in [6.07, 6.45) is 0. The average Bonchev–Trinajstić information content (AvgIpc) is 1.41. The van der Waals surface area contributed by atoms with Crippen molar-refractivity contribution < 1.29 is 4.39 Å². The smallest absolute Gasteiger partial charge is 0.255 e. The molecule has 6 heavy (non-hydrogen) atoms. The molecule has 5 heteroatoms. The second-order valence-electron chi connectivity index (χ2n) is 0.247. The second kappa shape index (κ2) is 9.39. The predicted molar refractivity (Wildman–Crippen MR) is 31.7 cm³/mol. The molecule has 0 aromatic heterocycles. The molecule has 0 heterocycles. The first-order valence-corrected chi connectivity index (χ1v) is 6.27. The van der Waals surface area contributed by atoms with Crippen LogP contribution in [0.5, 0.6) is 0 Å². The summed E-state index contributed by atoms with van der Waals surface area (Å²) in [5.41, 5.74) is 0. The van der Waals surface area contributed by atoms with E-state index >= 15 is 0 Å². The fraction of sp³-hybridized carbons (Fsp3) is 1.00. The number of rotatable bonds is 0. The number of hydrogen-bond acceptors (Lipinski definition) is 0. The van der Waals surface area contributed by atoms with Crippen molar-refractivity contribution in [1.29, 1.82) is 0 Å². The summed E-state index contributed by atoms with van der Waals surface area (Å²) >= 11 is 14.8. The molecule has 0 aromatic carbocycles. The quantitative estimate of drug-likeness (QED) is 0.384. The molecule has 0 aliphatic heterocycles. The largest absolute Gasteiger partial charge is 0.326 e. The van der Waals surface area contributed by atoms with Gasteiger partial charge < -0.3 is 0 Å². The van der Waals surface area contributed by atoms with Gasteiger partial charge in [-0.1, -0.05) is 0 Å². The lowest BCUT2D eigenvalue weighted by Crippen LogP contribution is -1.66. The summed E-state index contributed by atoms with van der Waals surface area (Å²) < 4.78 is 9.50. The van der Waals surface area contributed by atoms with Crippen LogP contribution >= 0.6 is 33.2 Å². The topological polar surface area (TPSA) is 0 Å². The lowest BCUT2D eigenvalue weighted by molar-refractivity contribution is 0.636. The zero-order valence-electron chi connectivity index (χ0n) is 3.09. The van der Waals surface area contributed by atoms with Crippen LogP contribution in [0.3, 0.4) is 0 Å². The maximum Gasteiger partial charge on any atom is 0.326 e. The Morgan fingerprint density at radius 2 is 1.17 bits per heavy atom. The van der Waals surface area contributed by atoms with Crippen LogP contribution in [0.25, 0.3) is 0 Å². The average molecular weight is 169 g/mol. The highest BCUT2D eigenvalue weighted by Gasteiger charge is 1.85. The van der Waals surface area contributed by atoms with E-state index in [-0.39, 0.29) is 0 Å². The fourth-order valence-electron chi connectivity index (χ4n) is 0. The van der Waals surface area contributed by atoms with Gasteiger partial charge >= 0.3 is 6.73 Å². The van der Waals surface area contributed by atoms with E-state index < -0.39 is 6.73 Å². The molecule has 0 rings (SSSR count). The number of halogens is 4. The van der Waals surface area contributed by atoms with Crippen LogP contribution in [0, 0.1) is 0 Å². The maximum atomic E-state index is 9.50. The van der Waals surface area contributed by atoms with Crippen molar-refractivity contribution in [3.63, 3.8) is 0 Å². The Morgan fingerprint density at radius 3 is 1.17 bits per heavy atom. The fourth-order valence-corrected chi connectivity index (χ4v) is 0. The van der Waals surface area contributed by atoms with Crippen LogP contribution in [-0.4, -0.2) is 13.9 Å². The van der Waals surface area contributed by atoms with Crippen molar-refractivity contribution >= 4 is 40.0 Å². The van der Waals surface area contributed by atoms with Gasteiger partial charge in [0.15, 0.2) is 0 Å². The zero-order chi connectivity index (χ0) is 5.58. The van der Waals surface area contributed by atoms with E-state index in [1.807, 2.05) is 0 Å². The third kappa shape index (κ3) is 78.3. The minimum atomic E-state index is -1.72. The molecule has 0 atom stereocenters. The van der Waals surface area contributed by atoms with E-state index in [1.54, 1.807) is 0 Å². The normalized spacial score (nSPS) is 7.00. The first kappa shape index (κ1) is 10.1. The van der Waals surface area contributed by atoms with Gasteiger partial charge in [0, 0.05) is 0 Å². The van der Waals surface area contributed by atoms with E-state index in [4.69, 9.17) is 33.2 Å². The standard InChI is InChI=1S/CH3F.Cl3HSi/c1-2;1-4(2)3/h1H3;4H. The molecule has 0 saturated heterocycles. The third-order valence-corrected chi connectivity index (χ3v) is 0. The third-order valence-electron chi connectivity index (χ3n) is 0. The van der Waals surface area contributed by atoms with E-state index in [9.17, 15) is 4.39 Å². The molecule has 0 bridgehead atoms. The van der Waals surface area contributed by atoms with Crippen molar-refractivity contribution in [3.8, 4) is 0 Å². The second-order valence-corrected chi connectivity index (χ2v) is 6.68. The molecule has 40 valence electrons. The Morgan fingerprint density at radius 1 is 1.17 bits per heavy atom. The first-order chi connectivity index (χ1) is 2.73. The van der Waals surface area contributed by atoms with Crippen molar-refractivity contribution in [2.45, 2.75) is 0 Å². The molecule has 0 aromatic rings. The van der Waals surface area contributed by atoms with Gasteiger partial charge in [0.1, 0.15) is 0 Å². The van der Waals surface area contributed by atoms with E-state index in [1.165, 1.54) is 0 Å². The van der Waals surface area contributed by atoms with Crippen molar-refractivity contribution in [1.82, 2.24) is 0 Å². The predicted octanol–water partition coefficient (Wildman–Crippen LogP) is 2.01. The summed E-state index contributed by atoms with van der Waals surface area (Å²) in [5.74, 6) is 0.